The topological polar surface area (TPSA) is 72.8 Å². The second-order valence-electron chi connectivity index (χ2n) is 4.09. The first kappa shape index (κ1) is 13.0. The van der Waals surface area contributed by atoms with Crippen molar-refractivity contribution in [2.75, 3.05) is 6.61 Å². The molecule has 0 radical (unpaired) electrons. The second kappa shape index (κ2) is 6.49. The molecule has 2 aromatic rings. The first-order chi connectivity index (χ1) is 9.31. The minimum Gasteiger partial charge on any atom is -0.494 e. The molecule has 5 heteroatoms. The van der Waals surface area contributed by atoms with Gasteiger partial charge in [0, 0.05) is 12.7 Å². The van der Waals surface area contributed by atoms with Gasteiger partial charge in [-0.05, 0) is 30.7 Å². The van der Waals surface area contributed by atoms with Gasteiger partial charge in [-0.15, -0.1) is 0 Å². The van der Waals surface area contributed by atoms with Gasteiger partial charge in [0.05, 0.1) is 12.3 Å². The summed E-state index contributed by atoms with van der Waals surface area (Å²) in [5, 5.41) is 11.7. The lowest BCUT2D eigenvalue weighted by Gasteiger charge is -2.09. The zero-order valence-corrected chi connectivity index (χ0v) is 10.6. The molecule has 100 valence electrons. The molecule has 0 aliphatic carbocycles. The van der Waals surface area contributed by atoms with E-state index in [1.165, 1.54) is 0 Å². The highest BCUT2D eigenvalue weighted by molar-refractivity contribution is 5.95. The zero-order valence-electron chi connectivity index (χ0n) is 10.6. The molecule has 0 saturated heterocycles. The average Bonchev–Trinajstić information content (AvgIpc) is 2.92. The van der Waals surface area contributed by atoms with Crippen LogP contribution in [-0.2, 0) is 6.54 Å². The number of nitrogens with zero attached hydrogens (tertiary/aromatic N) is 2. The smallest absolute Gasteiger partial charge is 0.186 e. The monoisotopic (exact) mass is 259 g/mol. The van der Waals surface area contributed by atoms with Crippen LogP contribution in [0.4, 0.5) is 0 Å². The summed E-state index contributed by atoms with van der Waals surface area (Å²) < 4.78 is 7.54. The number of hydrogen-bond donors (Lipinski definition) is 2. The number of ether oxygens (including phenoxy) is 1. The molecule has 5 nitrogen and oxygen atoms in total. The molecule has 0 unspecified atom stereocenters. The predicted molar refractivity (Wildman–Crippen MR) is 73.5 cm³/mol. The van der Waals surface area contributed by atoms with Gasteiger partial charge in [-0.2, -0.15) is 0 Å². The van der Waals surface area contributed by atoms with E-state index in [0.717, 1.165) is 18.7 Å². The third kappa shape index (κ3) is 3.51. The van der Waals surface area contributed by atoms with Crippen molar-refractivity contribution >= 4 is 5.84 Å². The van der Waals surface area contributed by atoms with Crippen molar-refractivity contribution < 1.29 is 9.94 Å². The third-order valence-corrected chi connectivity index (χ3v) is 2.75. The highest BCUT2D eigenvalue weighted by Crippen LogP contribution is 2.09. The molecule has 1 aromatic carbocycles. The van der Waals surface area contributed by atoms with Crippen molar-refractivity contribution in [3.63, 3.8) is 0 Å². The number of para-hydroxylation sites is 1. The number of aromatic nitrogens is 1. The van der Waals surface area contributed by atoms with Crippen LogP contribution in [0.5, 0.6) is 5.75 Å². The molecule has 1 aromatic heterocycles. The van der Waals surface area contributed by atoms with Gasteiger partial charge in [-0.1, -0.05) is 23.4 Å². The van der Waals surface area contributed by atoms with Gasteiger partial charge in [-0.25, -0.2) is 0 Å². The molecular weight excluding hydrogens is 242 g/mol. The fourth-order valence-electron chi connectivity index (χ4n) is 1.83. The van der Waals surface area contributed by atoms with Crippen molar-refractivity contribution in [2.45, 2.75) is 13.0 Å². The Balaban J connectivity index is 1.82. The summed E-state index contributed by atoms with van der Waals surface area (Å²) in [4.78, 5) is 0. The molecule has 0 aliphatic heterocycles. The van der Waals surface area contributed by atoms with E-state index in [0.29, 0.717) is 12.3 Å². The van der Waals surface area contributed by atoms with E-state index in [1.807, 2.05) is 53.2 Å². The number of amidine groups is 1. The summed E-state index contributed by atoms with van der Waals surface area (Å²) in [5.74, 6) is 0.987. The Morgan fingerprint density at radius 3 is 2.74 bits per heavy atom. The molecule has 0 spiro atoms. The second-order valence-corrected chi connectivity index (χ2v) is 4.09. The third-order valence-electron chi connectivity index (χ3n) is 2.75. The summed E-state index contributed by atoms with van der Waals surface area (Å²) in [7, 11) is 0. The Bertz CT molecular complexity index is 535. The zero-order chi connectivity index (χ0) is 13.5. The molecule has 0 aliphatic rings. The Morgan fingerprint density at radius 1 is 1.21 bits per heavy atom. The van der Waals surface area contributed by atoms with Crippen LogP contribution in [0.3, 0.4) is 0 Å². The summed E-state index contributed by atoms with van der Waals surface area (Å²) in [6.45, 7) is 1.38. The van der Waals surface area contributed by atoms with Crippen LogP contribution in [0.15, 0.2) is 53.8 Å². The first-order valence-corrected chi connectivity index (χ1v) is 6.12. The molecule has 0 amide bonds. The fraction of sp³-hybridized carbons (Fsp3) is 0.214. The maximum absolute atomic E-state index is 8.68. The quantitative estimate of drug-likeness (QED) is 0.274. The van der Waals surface area contributed by atoms with Crippen LogP contribution >= 0.6 is 0 Å². The normalized spacial score (nSPS) is 11.5. The van der Waals surface area contributed by atoms with Gasteiger partial charge in [0.25, 0.3) is 0 Å². The van der Waals surface area contributed by atoms with E-state index >= 15 is 0 Å². The molecular formula is C14H17N3O2. The Morgan fingerprint density at radius 2 is 2.00 bits per heavy atom. The van der Waals surface area contributed by atoms with Crippen LogP contribution in [0.2, 0.25) is 0 Å². The van der Waals surface area contributed by atoms with E-state index in [1.54, 1.807) is 0 Å². The predicted octanol–water partition coefficient (Wildman–Crippen LogP) is 2.05. The van der Waals surface area contributed by atoms with E-state index < -0.39 is 0 Å². The van der Waals surface area contributed by atoms with Crippen molar-refractivity contribution in [1.82, 2.24) is 4.57 Å². The van der Waals surface area contributed by atoms with Gasteiger partial charge in [0.1, 0.15) is 5.75 Å². The van der Waals surface area contributed by atoms with Gasteiger partial charge in [-0.3, -0.25) is 0 Å². The molecule has 3 N–H and O–H groups in total. The van der Waals surface area contributed by atoms with Crippen molar-refractivity contribution in [1.29, 1.82) is 0 Å². The van der Waals surface area contributed by atoms with Crippen LogP contribution in [0, 0.1) is 0 Å². The molecule has 0 fully saturated rings. The Hall–Kier alpha value is -2.43. The number of aryl methyl sites for hydroxylation is 1. The van der Waals surface area contributed by atoms with Gasteiger partial charge in [0.15, 0.2) is 5.84 Å². The molecule has 2 rings (SSSR count). The number of hydrogen-bond acceptors (Lipinski definition) is 3. The van der Waals surface area contributed by atoms with Crippen LogP contribution in [0.25, 0.3) is 0 Å². The molecule has 0 bridgehead atoms. The number of benzene rings is 1. The lowest BCUT2D eigenvalue weighted by Crippen LogP contribution is -2.18. The minimum atomic E-state index is 0.119. The van der Waals surface area contributed by atoms with E-state index in [9.17, 15) is 0 Å². The van der Waals surface area contributed by atoms with Gasteiger partial charge in [0.2, 0.25) is 0 Å². The highest BCUT2D eigenvalue weighted by Gasteiger charge is 2.05. The van der Waals surface area contributed by atoms with E-state index in [-0.39, 0.29) is 5.84 Å². The lowest BCUT2D eigenvalue weighted by molar-refractivity contribution is 0.301. The summed E-state index contributed by atoms with van der Waals surface area (Å²) >= 11 is 0. The number of nitrogens with two attached hydrogens (primary N) is 1. The Kier molecular flexibility index (Phi) is 4.44. The van der Waals surface area contributed by atoms with Crippen molar-refractivity contribution in [3.8, 4) is 5.75 Å². The van der Waals surface area contributed by atoms with Crippen molar-refractivity contribution in [3.05, 3.63) is 54.4 Å². The number of rotatable bonds is 6. The highest BCUT2D eigenvalue weighted by atomic mass is 16.5. The summed E-state index contributed by atoms with van der Waals surface area (Å²) in [6, 6.07) is 13.4. The van der Waals surface area contributed by atoms with Gasteiger partial charge >= 0.3 is 0 Å². The largest absolute Gasteiger partial charge is 0.494 e. The van der Waals surface area contributed by atoms with Crippen LogP contribution in [-0.4, -0.2) is 22.2 Å². The first-order valence-electron chi connectivity index (χ1n) is 6.12. The maximum Gasteiger partial charge on any atom is 0.186 e. The minimum absolute atomic E-state index is 0.119. The van der Waals surface area contributed by atoms with Crippen LogP contribution in [0.1, 0.15) is 12.1 Å². The van der Waals surface area contributed by atoms with Gasteiger partial charge < -0.3 is 20.2 Å². The van der Waals surface area contributed by atoms with Crippen molar-refractivity contribution in [2.24, 2.45) is 10.9 Å². The summed E-state index contributed by atoms with van der Waals surface area (Å²) in [6.07, 6.45) is 2.74. The van der Waals surface area contributed by atoms with Crippen LogP contribution < -0.4 is 10.5 Å². The lowest BCUT2D eigenvalue weighted by atomic mass is 10.3. The maximum atomic E-state index is 8.68. The van der Waals surface area contributed by atoms with E-state index in [4.69, 9.17) is 15.7 Å². The number of oxime groups is 1. The Labute approximate surface area is 111 Å². The molecule has 0 saturated carbocycles. The average molecular weight is 259 g/mol. The molecule has 19 heavy (non-hydrogen) atoms. The SMILES string of the molecule is N/C(=N/O)c1cccn1CCCOc1ccccc1. The molecule has 0 atom stereocenters. The summed E-state index contributed by atoms with van der Waals surface area (Å²) in [5.41, 5.74) is 6.29. The standard InChI is InChI=1S/C14H17N3O2/c15-14(16-18)13-8-4-9-17(13)10-5-11-19-12-6-2-1-3-7-12/h1-4,6-9,18H,5,10-11H2,(H2,15,16). The molecule has 1 heterocycles. The fourth-order valence-corrected chi connectivity index (χ4v) is 1.83. The van der Waals surface area contributed by atoms with E-state index in [2.05, 4.69) is 5.16 Å².